The number of aryl methyl sites for hydroxylation is 1. The quantitative estimate of drug-likeness (QED) is 0.404. The molecule has 0 saturated carbocycles. The number of aromatic nitrogens is 2. The summed E-state index contributed by atoms with van der Waals surface area (Å²) in [7, 11) is 1.65. The van der Waals surface area contributed by atoms with Gasteiger partial charge < -0.3 is 14.4 Å². The van der Waals surface area contributed by atoms with Crippen molar-refractivity contribution in [1.29, 1.82) is 0 Å². The number of carboxylic acids is 1. The van der Waals surface area contributed by atoms with Crippen molar-refractivity contribution in [3.8, 4) is 22.7 Å². The second kappa shape index (κ2) is 8.32. The van der Waals surface area contributed by atoms with Crippen LogP contribution >= 0.6 is 11.3 Å². The maximum atomic E-state index is 11.2. The Kier molecular flexibility index (Phi) is 5.59. The summed E-state index contributed by atoms with van der Waals surface area (Å²) in [5, 5.41) is 10.3. The van der Waals surface area contributed by atoms with Crippen LogP contribution in [0.1, 0.15) is 36.9 Å². The normalized spacial score (nSPS) is 11.3. The molecule has 0 fully saturated rings. The molecule has 0 aliphatic heterocycles. The lowest BCUT2D eigenvalue weighted by atomic mass is 10.1. The van der Waals surface area contributed by atoms with Crippen LogP contribution in [0.2, 0.25) is 0 Å². The first-order valence-electron chi connectivity index (χ1n) is 9.94. The first-order valence-corrected chi connectivity index (χ1v) is 10.8. The smallest absolute Gasteiger partial charge is 0.303 e. The molecule has 5 nitrogen and oxygen atoms in total. The minimum absolute atomic E-state index is 0.0896. The van der Waals surface area contributed by atoms with Crippen molar-refractivity contribution in [2.45, 2.75) is 32.6 Å². The highest BCUT2D eigenvalue weighted by Gasteiger charge is 2.15. The maximum absolute atomic E-state index is 11.2. The maximum Gasteiger partial charge on any atom is 0.303 e. The van der Waals surface area contributed by atoms with E-state index in [4.69, 9.17) is 9.72 Å². The first kappa shape index (κ1) is 20.2. The van der Waals surface area contributed by atoms with Gasteiger partial charge in [-0.25, -0.2) is 4.98 Å². The van der Waals surface area contributed by atoms with Gasteiger partial charge in [0, 0.05) is 17.3 Å². The minimum atomic E-state index is -0.798. The predicted molar refractivity (Wildman–Crippen MR) is 121 cm³/mol. The van der Waals surface area contributed by atoms with Crippen LogP contribution in [0.15, 0.2) is 54.6 Å². The van der Waals surface area contributed by atoms with Gasteiger partial charge in [0.2, 0.25) is 0 Å². The second-order valence-corrected chi connectivity index (χ2v) is 8.59. The van der Waals surface area contributed by atoms with Crippen LogP contribution < -0.4 is 4.74 Å². The number of carboxylic acid groups (broad SMARTS) is 1. The van der Waals surface area contributed by atoms with Crippen LogP contribution in [0.25, 0.3) is 27.2 Å². The molecule has 0 spiro atoms. The Labute approximate surface area is 179 Å². The zero-order chi connectivity index (χ0) is 21.3. The van der Waals surface area contributed by atoms with E-state index in [2.05, 4.69) is 36.6 Å². The fourth-order valence-corrected chi connectivity index (χ4v) is 4.52. The number of methoxy groups -OCH3 is 1. The number of hydrogen-bond acceptors (Lipinski definition) is 4. The number of carbonyl (C=O) groups is 1. The van der Waals surface area contributed by atoms with E-state index in [0.717, 1.165) is 43.6 Å². The molecule has 2 aromatic heterocycles. The number of aliphatic carboxylic acids is 1. The van der Waals surface area contributed by atoms with Crippen LogP contribution in [0.3, 0.4) is 0 Å². The summed E-state index contributed by atoms with van der Waals surface area (Å²) in [4.78, 5) is 15.9. The fraction of sp³-hybridized carbons (Fsp3) is 0.250. The van der Waals surface area contributed by atoms with Gasteiger partial charge in [-0.15, -0.1) is 11.3 Å². The van der Waals surface area contributed by atoms with E-state index in [-0.39, 0.29) is 6.42 Å². The van der Waals surface area contributed by atoms with Gasteiger partial charge >= 0.3 is 5.97 Å². The molecule has 2 heterocycles. The Morgan fingerprint density at radius 2 is 1.90 bits per heavy atom. The molecule has 1 N–H and O–H groups in total. The van der Waals surface area contributed by atoms with Crippen molar-refractivity contribution in [2.24, 2.45) is 0 Å². The summed E-state index contributed by atoms with van der Waals surface area (Å²) in [6, 6.07) is 18.2. The summed E-state index contributed by atoms with van der Waals surface area (Å²) in [5.41, 5.74) is 5.04. The van der Waals surface area contributed by atoms with Crippen molar-refractivity contribution in [3.63, 3.8) is 0 Å². The number of rotatable bonds is 7. The van der Waals surface area contributed by atoms with E-state index in [9.17, 15) is 9.90 Å². The Morgan fingerprint density at radius 1 is 1.13 bits per heavy atom. The Bertz CT molecular complexity index is 1190. The zero-order valence-electron chi connectivity index (χ0n) is 17.3. The van der Waals surface area contributed by atoms with Crippen molar-refractivity contribution in [1.82, 2.24) is 9.55 Å². The zero-order valence-corrected chi connectivity index (χ0v) is 18.1. The van der Waals surface area contributed by atoms with Gasteiger partial charge in [-0.1, -0.05) is 13.8 Å². The van der Waals surface area contributed by atoms with Gasteiger partial charge in [0.1, 0.15) is 5.75 Å². The molecule has 0 amide bonds. The number of hydrogen-bond donors (Lipinski definition) is 1. The van der Waals surface area contributed by atoms with Crippen molar-refractivity contribution < 1.29 is 14.6 Å². The van der Waals surface area contributed by atoms with E-state index in [1.807, 2.05) is 36.4 Å². The third-order valence-corrected chi connectivity index (χ3v) is 6.40. The summed E-state index contributed by atoms with van der Waals surface area (Å²) in [6.07, 6.45) is 0.551. The van der Waals surface area contributed by atoms with Gasteiger partial charge in [0.25, 0.3) is 0 Å². The Hall–Kier alpha value is -3.12. The molecule has 2 aromatic carbocycles. The van der Waals surface area contributed by atoms with Crippen LogP contribution in [-0.4, -0.2) is 27.7 Å². The van der Waals surface area contributed by atoms with E-state index < -0.39 is 5.97 Å². The summed E-state index contributed by atoms with van der Waals surface area (Å²) >= 11 is 1.71. The highest BCUT2D eigenvalue weighted by molar-refractivity contribution is 7.18. The van der Waals surface area contributed by atoms with E-state index >= 15 is 0 Å². The minimum Gasteiger partial charge on any atom is -0.497 e. The SMILES string of the molecule is COc1ccc(-c2ccc(CCC(=O)O)n2-c2ccc3nc(C(C)C)sc3c2)cc1. The average molecular weight is 421 g/mol. The van der Waals surface area contributed by atoms with Crippen LogP contribution in [0.5, 0.6) is 5.75 Å². The average Bonchev–Trinajstić information content (AvgIpc) is 3.36. The summed E-state index contributed by atoms with van der Waals surface area (Å²) in [6.45, 7) is 4.30. The highest BCUT2D eigenvalue weighted by atomic mass is 32.1. The van der Waals surface area contributed by atoms with Gasteiger partial charge in [-0.05, 0) is 66.6 Å². The van der Waals surface area contributed by atoms with E-state index in [1.54, 1.807) is 18.4 Å². The molecule has 6 heteroatoms. The van der Waals surface area contributed by atoms with Crippen molar-refractivity contribution >= 4 is 27.5 Å². The number of ether oxygens (including phenoxy) is 1. The molecule has 30 heavy (non-hydrogen) atoms. The summed E-state index contributed by atoms with van der Waals surface area (Å²) < 4.78 is 8.57. The highest BCUT2D eigenvalue weighted by Crippen LogP contribution is 2.33. The lowest BCUT2D eigenvalue weighted by molar-refractivity contribution is -0.136. The largest absolute Gasteiger partial charge is 0.497 e. The van der Waals surface area contributed by atoms with E-state index in [1.165, 1.54) is 0 Å². The standard InChI is InChI=1S/C24H24N2O3S/c1-15(2)24-25-20-11-6-18(14-22(20)30-24)26-17(8-13-23(27)28)7-12-21(26)16-4-9-19(29-3)10-5-16/h4-7,9-12,14-15H,8,13H2,1-3H3,(H,27,28). The van der Waals surface area contributed by atoms with Crippen LogP contribution in [-0.2, 0) is 11.2 Å². The number of benzene rings is 2. The van der Waals surface area contributed by atoms with Crippen LogP contribution in [0.4, 0.5) is 0 Å². The second-order valence-electron chi connectivity index (χ2n) is 7.53. The fourth-order valence-electron chi connectivity index (χ4n) is 3.52. The first-order chi connectivity index (χ1) is 14.5. The lowest BCUT2D eigenvalue weighted by Crippen LogP contribution is -2.05. The molecule has 0 radical (unpaired) electrons. The molecular formula is C24H24N2O3S. The third kappa shape index (κ3) is 3.96. The van der Waals surface area contributed by atoms with Crippen molar-refractivity contribution in [3.05, 3.63) is 65.3 Å². The third-order valence-electron chi connectivity index (χ3n) is 5.08. The molecule has 4 aromatic rings. The number of thiazole rings is 1. The lowest BCUT2D eigenvalue weighted by Gasteiger charge is -2.14. The molecule has 154 valence electrons. The molecule has 0 unspecified atom stereocenters. The Morgan fingerprint density at radius 3 is 2.57 bits per heavy atom. The Balaban J connectivity index is 1.83. The predicted octanol–water partition coefficient (Wildman–Crippen LogP) is 5.90. The summed E-state index contributed by atoms with van der Waals surface area (Å²) in [5.74, 6) is 0.391. The number of fused-ring (bicyclic) bond motifs is 1. The van der Waals surface area contributed by atoms with Crippen molar-refractivity contribution in [2.75, 3.05) is 7.11 Å². The molecule has 0 aliphatic rings. The molecule has 0 bridgehead atoms. The molecule has 4 rings (SSSR count). The topological polar surface area (TPSA) is 64.3 Å². The van der Waals surface area contributed by atoms with Gasteiger partial charge in [-0.3, -0.25) is 4.79 Å². The van der Waals surface area contributed by atoms with Gasteiger partial charge in [0.15, 0.2) is 0 Å². The molecule has 0 atom stereocenters. The van der Waals surface area contributed by atoms with Gasteiger partial charge in [-0.2, -0.15) is 0 Å². The van der Waals surface area contributed by atoms with Crippen LogP contribution in [0, 0.1) is 0 Å². The number of nitrogens with zero attached hydrogens (tertiary/aromatic N) is 2. The molecule has 0 saturated heterocycles. The molecular weight excluding hydrogens is 396 g/mol. The van der Waals surface area contributed by atoms with Gasteiger partial charge in [0.05, 0.1) is 34.4 Å². The monoisotopic (exact) mass is 420 g/mol. The van der Waals surface area contributed by atoms with E-state index in [0.29, 0.717) is 12.3 Å². The molecule has 0 aliphatic carbocycles.